The Labute approximate surface area is 104 Å². The fourth-order valence-corrected chi connectivity index (χ4v) is 2.34. The van der Waals surface area contributed by atoms with Gasteiger partial charge >= 0.3 is 0 Å². The Balaban J connectivity index is 2.91. The fraction of sp³-hybridized carbons (Fsp3) is 0.500. The molecule has 1 aromatic rings. The largest absolute Gasteiger partial charge is 0.272 e. The van der Waals surface area contributed by atoms with Crippen molar-refractivity contribution in [3.8, 4) is 0 Å². The standard InChI is InChI=1S/C12H16BrNO2/c1-3-10(9(2)13)8-11-6-4-5-7-12(11)14(15)16/h4-7,9-10H,3,8H2,1-2H3. The molecular weight excluding hydrogens is 270 g/mol. The molecule has 0 heterocycles. The number of hydrogen-bond donors (Lipinski definition) is 0. The molecule has 3 nitrogen and oxygen atoms in total. The maximum atomic E-state index is 10.9. The summed E-state index contributed by atoms with van der Waals surface area (Å²) in [6.07, 6.45) is 1.76. The summed E-state index contributed by atoms with van der Waals surface area (Å²) in [6, 6.07) is 6.98. The number of nitrogens with zero attached hydrogens (tertiary/aromatic N) is 1. The van der Waals surface area contributed by atoms with Gasteiger partial charge in [0.1, 0.15) is 0 Å². The van der Waals surface area contributed by atoms with Crippen LogP contribution in [0.3, 0.4) is 0 Å². The van der Waals surface area contributed by atoms with Crippen molar-refractivity contribution in [2.24, 2.45) is 5.92 Å². The van der Waals surface area contributed by atoms with Gasteiger partial charge in [-0.25, -0.2) is 0 Å². The number of nitro groups is 1. The number of rotatable bonds is 5. The van der Waals surface area contributed by atoms with Crippen LogP contribution in [0.5, 0.6) is 0 Å². The molecular formula is C12H16BrNO2. The highest BCUT2D eigenvalue weighted by molar-refractivity contribution is 9.09. The molecule has 0 amide bonds. The molecule has 0 N–H and O–H groups in total. The van der Waals surface area contributed by atoms with Gasteiger partial charge in [-0.2, -0.15) is 0 Å². The second kappa shape index (κ2) is 5.99. The number of para-hydroxylation sites is 1. The number of alkyl halides is 1. The van der Waals surface area contributed by atoms with Crippen molar-refractivity contribution in [2.45, 2.75) is 31.5 Å². The van der Waals surface area contributed by atoms with Crippen LogP contribution in [0.2, 0.25) is 0 Å². The van der Waals surface area contributed by atoms with Crippen molar-refractivity contribution < 1.29 is 4.92 Å². The number of nitro benzene ring substituents is 1. The van der Waals surface area contributed by atoms with Crippen LogP contribution in [-0.2, 0) is 6.42 Å². The zero-order valence-electron chi connectivity index (χ0n) is 9.52. The van der Waals surface area contributed by atoms with Crippen LogP contribution < -0.4 is 0 Å². The van der Waals surface area contributed by atoms with Crippen LogP contribution in [0, 0.1) is 16.0 Å². The van der Waals surface area contributed by atoms with E-state index in [1.807, 2.05) is 12.1 Å². The van der Waals surface area contributed by atoms with Gasteiger partial charge in [0, 0.05) is 16.5 Å². The zero-order valence-corrected chi connectivity index (χ0v) is 11.1. The minimum absolute atomic E-state index is 0.231. The van der Waals surface area contributed by atoms with E-state index in [2.05, 4.69) is 29.8 Å². The molecule has 0 spiro atoms. The molecule has 0 aliphatic carbocycles. The van der Waals surface area contributed by atoms with E-state index in [1.165, 1.54) is 0 Å². The molecule has 88 valence electrons. The maximum absolute atomic E-state index is 10.9. The summed E-state index contributed by atoms with van der Waals surface area (Å²) in [5.74, 6) is 0.432. The summed E-state index contributed by atoms with van der Waals surface area (Å²) < 4.78 is 0. The summed E-state index contributed by atoms with van der Waals surface area (Å²) in [6.45, 7) is 4.19. The molecule has 2 atom stereocenters. The Morgan fingerprint density at radius 2 is 2.06 bits per heavy atom. The van der Waals surface area contributed by atoms with Crippen molar-refractivity contribution in [1.82, 2.24) is 0 Å². The lowest BCUT2D eigenvalue weighted by atomic mass is 9.94. The van der Waals surface area contributed by atoms with Crippen LogP contribution in [0.1, 0.15) is 25.8 Å². The Kier molecular flexibility index (Phi) is 4.93. The first-order valence-electron chi connectivity index (χ1n) is 5.42. The Hall–Kier alpha value is -0.900. The normalized spacial score (nSPS) is 14.4. The van der Waals surface area contributed by atoms with Gasteiger partial charge in [0.25, 0.3) is 5.69 Å². The maximum Gasteiger partial charge on any atom is 0.272 e. The molecule has 0 fully saturated rings. The zero-order chi connectivity index (χ0) is 12.1. The smallest absolute Gasteiger partial charge is 0.258 e. The molecule has 0 saturated carbocycles. The van der Waals surface area contributed by atoms with E-state index in [1.54, 1.807) is 12.1 Å². The molecule has 0 aliphatic heterocycles. The van der Waals surface area contributed by atoms with Gasteiger partial charge < -0.3 is 0 Å². The predicted octanol–water partition coefficient (Wildman–Crippen LogP) is 3.95. The molecule has 2 unspecified atom stereocenters. The molecule has 0 saturated heterocycles. The third kappa shape index (κ3) is 3.30. The minimum atomic E-state index is -0.305. The van der Waals surface area contributed by atoms with Gasteiger partial charge in [-0.05, 0) is 12.3 Å². The molecule has 4 heteroatoms. The Morgan fingerprint density at radius 3 is 2.56 bits per heavy atom. The van der Waals surface area contributed by atoms with E-state index < -0.39 is 0 Å². The van der Waals surface area contributed by atoms with Crippen LogP contribution in [-0.4, -0.2) is 9.75 Å². The average Bonchev–Trinajstić information content (AvgIpc) is 2.25. The summed E-state index contributed by atoms with van der Waals surface area (Å²) in [5.41, 5.74) is 1.06. The number of halogens is 1. The van der Waals surface area contributed by atoms with Crippen molar-refractivity contribution in [1.29, 1.82) is 0 Å². The van der Waals surface area contributed by atoms with E-state index >= 15 is 0 Å². The third-order valence-corrected chi connectivity index (χ3v) is 3.59. The summed E-state index contributed by atoms with van der Waals surface area (Å²) >= 11 is 3.55. The highest BCUT2D eigenvalue weighted by atomic mass is 79.9. The van der Waals surface area contributed by atoms with E-state index in [-0.39, 0.29) is 10.6 Å². The van der Waals surface area contributed by atoms with Crippen molar-refractivity contribution in [3.63, 3.8) is 0 Å². The summed E-state index contributed by atoms with van der Waals surface area (Å²) in [5, 5.41) is 10.9. The lowest BCUT2D eigenvalue weighted by Crippen LogP contribution is -2.13. The SMILES string of the molecule is CCC(Cc1ccccc1[N+](=O)[O-])C(C)Br. The van der Waals surface area contributed by atoms with E-state index in [0.717, 1.165) is 18.4 Å². The molecule has 0 aromatic heterocycles. The van der Waals surface area contributed by atoms with Gasteiger partial charge in [-0.1, -0.05) is 54.4 Å². The minimum Gasteiger partial charge on any atom is -0.258 e. The van der Waals surface area contributed by atoms with Gasteiger partial charge in [0.05, 0.1) is 4.92 Å². The topological polar surface area (TPSA) is 43.1 Å². The lowest BCUT2D eigenvalue weighted by molar-refractivity contribution is -0.385. The molecule has 1 rings (SSSR count). The highest BCUT2D eigenvalue weighted by Crippen LogP contribution is 2.26. The van der Waals surface area contributed by atoms with E-state index in [4.69, 9.17) is 0 Å². The van der Waals surface area contributed by atoms with Crippen LogP contribution in [0.25, 0.3) is 0 Å². The van der Waals surface area contributed by atoms with Gasteiger partial charge in [0.2, 0.25) is 0 Å². The predicted molar refractivity (Wildman–Crippen MR) is 69.0 cm³/mol. The monoisotopic (exact) mass is 285 g/mol. The van der Waals surface area contributed by atoms with Crippen LogP contribution in [0.4, 0.5) is 5.69 Å². The average molecular weight is 286 g/mol. The van der Waals surface area contributed by atoms with E-state index in [0.29, 0.717) is 10.7 Å². The molecule has 0 radical (unpaired) electrons. The quantitative estimate of drug-likeness (QED) is 0.467. The first-order valence-corrected chi connectivity index (χ1v) is 6.34. The van der Waals surface area contributed by atoms with Gasteiger partial charge in [0.15, 0.2) is 0 Å². The number of benzene rings is 1. The molecule has 0 aliphatic rings. The van der Waals surface area contributed by atoms with Crippen LogP contribution in [0.15, 0.2) is 24.3 Å². The Morgan fingerprint density at radius 1 is 1.44 bits per heavy atom. The highest BCUT2D eigenvalue weighted by Gasteiger charge is 2.19. The third-order valence-electron chi connectivity index (χ3n) is 2.84. The van der Waals surface area contributed by atoms with Crippen molar-refractivity contribution >= 4 is 21.6 Å². The molecule has 0 bridgehead atoms. The van der Waals surface area contributed by atoms with Crippen LogP contribution >= 0.6 is 15.9 Å². The Bertz CT molecular complexity index is 366. The molecule has 16 heavy (non-hydrogen) atoms. The van der Waals surface area contributed by atoms with Crippen molar-refractivity contribution in [2.75, 3.05) is 0 Å². The lowest BCUT2D eigenvalue weighted by Gasteiger charge is -2.17. The number of hydrogen-bond acceptors (Lipinski definition) is 2. The summed E-state index contributed by atoms with van der Waals surface area (Å²) in [7, 11) is 0. The summed E-state index contributed by atoms with van der Waals surface area (Å²) in [4.78, 5) is 10.9. The first-order chi connectivity index (χ1) is 7.56. The van der Waals surface area contributed by atoms with Gasteiger partial charge in [-0.3, -0.25) is 10.1 Å². The van der Waals surface area contributed by atoms with Crippen molar-refractivity contribution in [3.05, 3.63) is 39.9 Å². The van der Waals surface area contributed by atoms with E-state index in [9.17, 15) is 10.1 Å². The molecule has 1 aromatic carbocycles. The van der Waals surface area contributed by atoms with Gasteiger partial charge in [-0.15, -0.1) is 0 Å². The first kappa shape index (κ1) is 13.2. The second-order valence-corrected chi connectivity index (χ2v) is 5.38. The fourth-order valence-electron chi connectivity index (χ4n) is 1.78. The second-order valence-electron chi connectivity index (χ2n) is 3.94.